The molecule has 1 aromatic rings. The molecule has 20 heavy (non-hydrogen) atoms. The molecule has 1 unspecified atom stereocenters. The Morgan fingerprint density at radius 3 is 2.20 bits per heavy atom. The number of aliphatic hydroxyl groups is 1. The summed E-state index contributed by atoms with van der Waals surface area (Å²) in [4.78, 5) is 7.10. The fourth-order valence-corrected chi connectivity index (χ4v) is 3.29. The lowest BCUT2D eigenvalue weighted by atomic mass is 9.90. The molecule has 1 fully saturated rings. The van der Waals surface area contributed by atoms with Crippen molar-refractivity contribution in [1.29, 1.82) is 0 Å². The molecule has 0 radical (unpaired) electrons. The fourth-order valence-electron chi connectivity index (χ4n) is 3.29. The van der Waals surface area contributed by atoms with Crippen molar-refractivity contribution in [2.45, 2.75) is 77.5 Å². The van der Waals surface area contributed by atoms with Crippen LogP contribution in [0.15, 0.2) is 18.3 Å². The van der Waals surface area contributed by atoms with Gasteiger partial charge in [0.15, 0.2) is 0 Å². The van der Waals surface area contributed by atoms with E-state index in [1.54, 1.807) is 0 Å². The number of hydrogen-bond acceptors (Lipinski definition) is 3. The molecule has 2 rings (SSSR count). The number of pyridine rings is 1. The number of aliphatic hydroxyl groups excluding tert-OH is 1. The van der Waals surface area contributed by atoms with Gasteiger partial charge in [-0.3, -0.25) is 4.98 Å². The Kier molecular flexibility index (Phi) is 5.03. The smallest absolute Gasteiger partial charge is 0.0579 e. The molecule has 0 spiro atoms. The summed E-state index contributed by atoms with van der Waals surface area (Å²) in [5.74, 6) is 0.469. The van der Waals surface area contributed by atoms with Gasteiger partial charge in [0.1, 0.15) is 0 Å². The Bertz CT molecular complexity index is 402. The highest BCUT2D eigenvalue weighted by molar-refractivity contribution is 5.48. The molecular weight excluding hydrogens is 248 g/mol. The number of piperidine rings is 1. The summed E-state index contributed by atoms with van der Waals surface area (Å²) in [6.07, 6.45) is 5.75. The van der Waals surface area contributed by atoms with Crippen molar-refractivity contribution in [3.63, 3.8) is 0 Å². The molecule has 0 bridgehead atoms. The molecule has 3 atom stereocenters. The SMILES string of the molecule is CC[C@@H]1CC(O)C[C@H](CC)N1c1ccc(C(C)C)nc1. The van der Waals surface area contributed by atoms with E-state index in [1.165, 1.54) is 5.69 Å². The largest absolute Gasteiger partial charge is 0.393 e. The summed E-state index contributed by atoms with van der Waals surface area (Å²) in [7, 11) is 0. The molecule has 1 aromatic heterocycles. The third-order valence-electron chi connectivity index (χ3n) is 4.48. The minimum atomic E-state index is -0.149. The Balaban J connectivity index is 2.26. The van der Waals surface area contributed by atoms with E-state index in [9.17, 15) is 5.11 Å². The van der Waals surface area contributed by atoms with E-state index in [1.807, 2.05) is 6.20 Å². The van der Waals surface area contributed by atoms with Crippen molar-refractivity contribution in [3.05, 3.63) is 24.0 Å². The zero-order valence-electron chi connectivity index (χ0n) is 13.2. The molecule has 0 amide bonds. The second kappa shape index (κ2) is 6.57. The average molecular weight is 276 g/mol. The third-order valence-corrected chi connectivity index (χ3v) is 4.48. The predicted molar refractivity (Wildman–Crippen MR) is 84.2 cm³/mol. The molecular formula is C17H28N2O. The van der Waals surface area contributed by atoms with Gasteiger partial charge in [-0.15, -0.1) is 0 Å². The van der Waals surface area contributed by atoms with E-state index in [-0.39, 0.29) is 6.10 Å². The van der Waals surface area contributed by atoms with Crippen LogP contribution in [0.5, 0.6) is 0 Å². The molecule has 1 aliphatic rings. The van der Waals surface area contributed by atoms with Crippen LogP contribution in [0.25, 0.3) is 0 Å². The highest BCUT2D eigenvalue weighted by atomic mass is 16.3. The number of aromatic nitrogens is 1. The fraction of sp³-hybridized carbons (Fsp3) is 0.706. The van der Waals surface area contributed by atoms with Crippen LogP contribution in [0.1, 0.15) is 65.0 Å². The highest BCUT2D eigenvalue weighted by Gasteiger charge is 2.33. The van der Waals surface area contributed by atoms with Crippen LogP contribution in [-0.2, 0) is 0 Å². The summed E-state index contributed by atoms with van der Waals surface area (Å²) in [6, 6.07) is 5.20. The van der Waals surface area contributed by atoms with Crippen LogP contribution < -0.4 is 4.90 Å². The van der Waals surface area contributed by atoms with Gasteiger partial charge in [0.05, 0.1) is 18.0 Å². The van der Waals surface area contributed by atoms with E-state index in [0.29, 0.717) is 18.0 Å². The first-order valence-corrected chi connectivity index (χ1v) is 7.99. The van der Waals surface area contributed by atoms with Gasteiger partial charge >= 0.3 is 0 Å². The quantitative estimate of drug-likeness (QED) is 0.910. The molecule has 0 aliphatic carbocycles. The standard InChI is InChI=1S/C17H28N2O/c1-5-13-9-16(20)10-14(6-2)19(13)15-7-8-17(12(3)4)18-11-15/h7-8,11-14,16,20H,5-6,9-10H2,1-4H3/t13-,14+,16?. The summed E-state index contributed by atoms with van der Waals surface area (Å²) < 4.78 is 0. The monoisotopic (exact) mass is 276 g/mol. The van der Waals surface area contributed by atoms with Crippen molar-refractivity contribution in [2.75, 3.05) is 4.90 Å². The van der Waals surface area contributed by atoms with E-state index in [0.717, 1.165) is 31.4 Å². The number of nitrogens with zero attached hydrogens (tertiary/aromatic N) is 2. The minimum Gasteiger partial charge on any atom is -0.393 e. The van der Waals surface area contributed by atoms with Gasteiger partial charge in [-0.1, -0.05) is 27.7 Å². The average Bonchev–Trinajstić information content (AvgIpc) is 2.46. The molecule has 1 aliphatic heterocycles. The summed E-state index contributed by atoms with van der Waals surface area (Å²) in [5.41, 5.74) is 2.35. The molecule has 3 heteroatoms. The second-order valence-corrected chi connectivity index (χ2v) is 6.25. The van der Waals surface area contributed by atoms with Crippen LogP contribution in [-0.4, -0.2) is 28.3 Å². The molecule has 112 valence electrons. The zero-order valence-corrected chi connectivity index (χ0v) is 13.2. The first-order valence-electron chi connectivity index (χ1n) is 7.99. The van der Waals surface area contributed by atoms with Crippen molar-refractivity contribution in [1.82, 2.24) is 4.98 Å². The second-order valence-electron chi connectivity index (χ2n) is 6.25. The summed E-state index contributed by atoms with van der Waals surface area (Å²) in [5, 5.41) is 10.1. The van der Waals surface area contributed by atoms with Gasteiger partial charge in [0.2, 0.25) is 0 Å². The van der Waals surface area contributed by atoms with Crippen molar-refractivity contribution < 1.29 is 5.11 Å². The van der Waals surface area contributed by atoms with Crippen molar-refractivity contribution >= 4 is 5.69 Å². The molecule has 2 heterocycles. The van der Waals surface area contributed by atoms with Crippen LogP contribution in [0, 0.1) is 0 Å². The van der Waals surface area contributed by atoms with Crippen LogP contribution in [0.4, 0.5) is 5.69 Å². The molecule has 0 aromatic carbocycles. The maximum absolute atomic E-state index is 10.1. The highest BCUT2D eigenvalue weighted by Crippen LogP contribution is 2.32. The number of rotatable bonds is 4. The normalized spacial score (nSPS) is 27.1. The van der Waals surface area contributed by atoms with Gasteiger partial charge in [-0.25, -0.2) is 0 Å². The first kappa shape index (κ1) is 15.3. The summed E-state index contributed by atoms with van der Waals surface area (Å²) in [6.45, 7) is 8.75. The van der Waals surface area contributed by atoms with Crippen molar-refractivity contribution in [2.24, 2.45) is 0 Å². The zero-order chi connectivity index (χ0) is 14.7. The number of anilines is 1. The van der Waals surface area contributed by atoms with E-state index >= 15 is 0 Å². The maximum atomic E-state index is 10.1. The Morgan fingerprint density at radius 1 is 1.20 bits per heavy atom. The lowest BCUT2D eigenvalue weighted by Gasteiger charge is -2.45. The van der Waals surface area contributed by atoms with Crippen molar-refractivity contribution in [3.8, 4) is 0 Å². The van der Waals surface area contributed by atoms with Gasteiger partial charge in [-0.2, -0.15) is 0 Å². The van der Waals surface area contributed by atoms with E-state index < -0.39 is 0 Å². The van der Waals surface area contributed by atoms with Gasteiger partial charge in [-0.05, 0) is 43.7 Å². The minimum absolute atomic E-state index is 0.149. The third kappa shape index (κ3) is 3.14. The maximum Gasteiger partial charge on any atom is 0.0579 e. The van der Waals surface area contributed by atoms with Crippen LogP contribution in [0.3, 0.4) is 0 Å². The first-order chi connectivity index (χ1) is 9.56. The topological polar surface area (TPSA) is 36.4 Å². The van der Waals surface area contributed by atoms with Crippen LogP contribution >= 0.6 is 0 Å². The van der Waals surface area contributed by atoms with Gasteiger partial charge in [0.25, 0.3) is 0 Å². The Labute approximate surface area is 123 Å². The van der Waals surface area contributed by atoms with Crippen LogP contribution in [0.2, 0.25) is 0 Å². The summed E-state index contributed by atoms with van der Waals surface area (Å²) >= 11 is 0. The molecule has 0 saturated carbocycles. The lowest BCUT2D eigenvalue weighted by molar-refractivity contribution is 0.107. The molecule has 1 saturated heterocycles. The molecule has 3 nitrogen and oxygen atoms in total. The Hall–Kier alpha value is -1.09. The van der Waals surface area contributed by atoms with E-state index in [2.05, 4.69) is 49.7 Å². The Morgan fingerprint density at radius 2 is 1.80 bits per heavy atom. The lowest BCUT2D eigenvalue weighted by Crippen LogP contribution is -2.50. The predicted octanol–water partition coefficient (Wildman–Crippen LogP) is 3.72. The van der Waals surface area contributed by atoms with E-state index in [4.69, 9.17) is 0 Å². The van der Waals surface area contributed by atoms with Gasteiger partial charge in [0, 0.05) is 17.8 Å². The molecule has 1 N–H and O–H groups in total. The number of hydrogen-bond donors (Lipinski definition) is 1. The van der Waals surface area contributed by atoms with Gasteiger partial charge < -0.3 is 10.0 Å².